The van der Waals surface area contributed by atoms with Gasteiger partial charge in [-0.05, 0) is 31.9 Å². The highest BCUT2D eigenvalue weighted by Crippen LogP contribution is 2.32. The Hall–Kier alpha value is -2.35. The number of likely N-dealkylation sites (tertiary alicyclic amines) is 1. The van der Waals surface area contributed by atoms with Gasteiger partial charge in [0, 0.05) is 37.3 Å². The number of aryl methyl sites for hydroxylation is 3. The quantitative estimate of drug-likeness (QED) is 0.722. The lowest BCUT2D eigenvalue weighted by atomic mass is 9.91. The summed E-state index contributed by atoms with van der Waals surface area (Å²) in [5, 5.41) is 0.972. The van der Waals surface area contributed by atoms with Crippen molar-refractivity contribution in [2.24, 2.45) is 5.41 Å². The van der Waals surface area contributed by atoms with E-state index in [0.29, 0.717) is 18.8 Å². The predicted molar refractivity (Wildman–Crippen MR) is 116 cm³/mol. The summed E-state index contributed by atoms with van der Waals surface area (Å²) in [6.07, 6.45) is 1.13. The molecule has 2 amide bonds. The number of rotatable bonds is 5. The van der Waals surface area contributed by atoms with E-state index in [0.717, 1.165) is 33.9 Å². The second-order valence-corrected chi connectivity index (χ2v) is 11.3. The van der Waals surface area contributed by atoms with Crippen LogP contribution in [-0.4, -0.2) is 68.2 Å². The number of likely N-dealkylation sites (N-methyl/N-ethyl adjacent to an activating group) is 1. The van der Waals surface area contributed by atoms with E-state index in [2.05, 4.69) is 0 Å². The van der Waals surface area contributed by atoms with E-state index in [1.165, 1.54) is 0 Å². The number of hydrogen-bond donors (Lipinski definition) is 0. The highest BCUT2D eigenvalue weighted by Gasteiger charge is 2.43. The number of amides is 2. The van der Waals surface area contributed by atoms with Gasteiger partial charge in [0.05, 0.1) is 17.2 Å². The number of carbonyl (C=O) groups excluding carboxylic acids is 2. The lowest BCUT2D eigenvalue weighted by molar-refractivity contribution is -0.146. The molecule has 0 saturated carbocycles. The van der Waals surface area contributed by atoms with Crippen molar-refractivity contribution in [3.8, 4) is 0 Å². The van der Waals surface area contributed by atoms with E-state index >= 15 is 0 Å². The number of furan rings is 1. The monoisotopic (exact) mass is 434 g/mol. The van der Waals surface area contributed by atoms with Crippen molar-refractivity contribution >= 4 is 32.6 Å². The van der Waals surface area contributed by atoms with Crippen LogP contribution in [0.15, 0.2) is 16.5 Å². The second-order valence-electron chi connectivity index (χ2n) is 9.19. The molecule has 0 radical (unpaired) electrons. The zero-order valence-electron chi connectivity index (χ0n) is 18.7. The molecule has 8 heteroatoms. The van der Waals surface area contributed by atoms with Gasteiger partial charge in [-0.1, -0.05) is 26.0 Å². The summed E-state index contributed by atoms with van der Waals surface area (Å²) >= 11 is 0. The predicted octanol–water partition coefficient (Wildman–Crippen LogP) is 2.71. The van der Waals surface area contributed by atoms with Crippen molar-refractivity contribution < 1.29 is 22.4 Å². The van der Waals surface area contributed by atoms with Gasteiger partial charge in [-0.3, -0.25) is 9.59 Å². The Kier molecular flexibility index (Phi) is 5.52. The molecule has 2 aromatic rings. The molecule has 0 N–H and O–H groups in total. The molecule has 0 aliphatic carbocycles. The maximum Gasteiger partial charge on any atom is 0.290 e. The van der Waals surface area contributed by atoms with E-state index in [1.807, 2.05) is 32.9 Å². The number of fused-ring (bicyclic) bond motifs is 1. The highest BCUT2D eigenvalue weighted by atomic mass is 32.2. The molecular weight excluding hydrogens is 404 g/mol. The van der Waals surface area contributed by atoms with Gasteiger partial charge in [-0.15, -0.1) is 0 Å². The van der Waals surface area contributed by atoms with Gasteiger partial charge in [-0.2, -0.15) is 0 Å². The van der Waals surface area contributed by atoms with Crippen molar-refractivity contribution in [2.45, 2.75) is 40.7 Å². The van der Waals surface area contributed by atoms with Gasteiger partial charge in [0.25, 0.3) is 5.91 Å². The molecule has 0 spiro atoms. The molecule has 1 saturated heterocycles. The molecule has 0 atom stereocenters. The van der Waals surface area contributed by atoms with Crippen LogP contribution < -0.4 is 0 Å². The Labute approximate surface area is 177 Å². The number of nitrogens with zero attached hydrogens (tertiary/aromatic N) is 2. The van der Waals surface area contributed by atoms with E-state index in [1.54, 1.807) is 30.7 Å². The van der Waals surface area contributed by atoms with Gasteiger partial charge in [0.2, 0.25) is 5.91 Å². The van der Waals surface area contributed by atoms with Crippen LogP contribution in [0, 0.1) is 26.2 Å². The Morgan fingerprint density at radius 1 is 1.17 bits per heavy atom. The van der Waals surface area contributed by atoms with Crippen LogP contribution in [-0.2, 0) is 14.6 Å². The third-order valence-corrected chi connectivity index (χ3v) is 7.14. The molecular formula is C22H30N2O5S. The summed E-state index contributed by atoms with van der Waals surface area (Å²) in [7, 11) is -1.56. The molecule has 2 heterocycles. The van der Waals surface area contributed by atoms with Crippen LogP contribution in [0.3, 0.4) is 0 Å². The minimum atomic E-state index is -3.27. The minimum absolute atomic E-state index is 0.134. The summed E-state index contributed by atoms with van der Waals surface area (Å²) in [6, 6.07) is 3.86. The van der Waals surface area contributed by atoms with Crippen LogP contribution in [0.25, 0.3) is 11.0 Å². The molecule has 1 aromatic heterocycles. The van der Waals surface area contributed by atoms with Crippen LogP contribution in [0.4, 0.5) is 0 Å². The van der Waals surface area contributed by atoms with E-state index in [4.69, 9.17) is 4.42 Å². The van der Waals surface area contributed by atoms with E-state index in [9.17, 15) is 18.0 Å². The molecule has 30 heavy (non-hydrogen) atoms. The molecule has 0 bridgehead atoms. The van der Waals surface area contributed by atoms with Gasteiger partial charge in [0.1, 0.15) is 15.4 Å². The molecule has 7 nitrogen and oxygen atoms in total. The van der Waals surface area contributed by atoms with Crippen LogP contribution >= 0.6 is 0 Å². The zero-order valence-corrected chi connectivity index (χ0v) is 19.5. The van der Waals surface area contributed by atoms with Crippen molar-refractivity contribution in [3.05, 3.63) is 34.6 Å². The zero-order chi connectivity index (χ0) is 22.6. The summed E-state index contributed by atoms with van der Waals surface area (Å²) in [5.41, 5.74) is 2.61. The van der Waals surface area contributed by atoms with Crippen LogP contribution in [0.5, 0.6) is 0 Å². The Balaban J connectivity index is 1.73. The fraction of sp³-hybridized carbons (Fsp3) is 0.545. The Morgan fingerprint density at radius 3 is 2.27 bits per heavy atom. The summed E-state index contributed by atoms with van der Waals surface area (Å²) in [5.74, 6) is -0.302. The normalized spacial score (nSPS) is 15.4. The van der Waals surface area contributed by atoms with Crippen LogP contribution in [0.2, 0.25) is 0 Å². The Bertz CT molecular complexity index is 1120. The summed E-state index contributed by atoms with van der Waals surface area (Å²) < 4.78 is 29.2. The SMILES string of the molecule is Cc1ccc(C)c2c(C)c(C(=O)N(C)C3CN(C(=O)C(C)(C)CS(C)(=O)=O)C3)oc12. The first-order chi connectivity index (χ1) is 13.7. The fourth-order valence-corrected chi connectivity index (χ4v) is 5.65. The average molecular weight is 435 g/mol. The van der Waals surface area contributed by atoms with Crippen molar-refractivity contribution in [1.29, 1.82) is 0 Å². The van der Waals surface area contributed by atoms with E-state index < -0.39 is 15.3 Å². The van der Waals surface area contributed by atoms with Crippen LogP contribution in [0.1, 0.15) is 41.1 Å². The molecule has 1 aliphatic rings. The first-order valence-corrected chi connectivity index (χ1v) is 12.0. The standard InChI is InChI=1S/C22H30N2O5S/c1-13-8-9-14(2)18-17(13)15(3)19(29-18)20(25)23(6)16-10-24(11-16)21(26)22(4,5)12-30(7,27)28/h8-9,16H,10-12H2,1-7H3. The topological polar surface area (TPSA) is 87.9 Å². The minimum Gasteiger partial charge on any atom is -0.450 e. The number of hydrogen-bond acceptors (Lipinski definition) is 5. The molecule has 1 aliphatic heterocycles. The lowest BCUT2D eigenvalue weighted by Crippen LogP contribution is -2.63. The number of sulfone groups is 1. The van der Waals surface area contributed by atoms with E-state index in [-0.39, 0.29) is 23.6 Å². The lowest BCUT2D eigenvalue weighted by Gasteiger charge is -2.46. The summed E-state index contributed by atoms with van der Waals surface area (Å²) in [6.45, 7) is 9.88. The molecule has 3 rings (SSSR count). The Morgan fingerprint density at radius 2 is 1.73 bits per heavy atom. The second kappa shape index (κ2) is 7.41. The summed E-state index contributed by atoms with van der Waals surface area (Å²) in [4.78, 5) is 29.0. The highest BCUT2D eigenvalue weighted by molar-refractivity contribution is 7.90. The van der Waals surface area contributed by atoms with Gasteiger partial charge >= 0.3 is 0 Å². The maximum atomic E-state index is 13.1. The third kappa shape index (κ3) is 3.97. The molecule has 0 unspecified atom stereocenters. The first-order valence-electron chi connectivity index (χ1n) is 9.96. The fourth-order valence-electron chi connectivity index (χ4n) is 4.22. The average Bonchev–Trinajstić information content (AvgIpc) is 2.92. The number of carbonyl (C=O) groups is 2. The van der Waals surface area contributed by atoms with Crippen molar-refractivity contribution in [2.75, 3.05) is 32.1 Å². The molecule has 1 fully saturated rings. The maximum absolute atomic E-state index is 13.1. The van der Waals surface area contributed by atoms with Gasteiger partial charge < -0.3 is 14.2 Å². The first kappa shape index (κ1) is 22.3. The largest absolute Gasteiger partial charge is 0.450 e. The molecule has 164 valence electrons. The number of benzene rings is 1. The smallest absolute Gasteiger partial charge is 0.290 e. The van der Waals surface area contributed by atoms with Gasteiger partial charge in [0.15, 0.2) is 5.76 Å². The third-order valence-electron chi connectivity index (χ3n) is 5.90. The van der Waals surface area contributed by atoms with Gasteiger partial charge in [-0.25, -0.2) is 8.42 Å². The van der Waals surface area contributed by atoms with Crippen molar-refractivity contribution in [1.82, 2.24) is 9.80 Å². The van der Waals surface area contributed by atoms with Crippen molar-refractivity contribution in [3.63, 3.8) is 0 Å². The molecule has 1 aromatic carbocycles.